The molecule has 0 spiro atoms. The smallest absolute Gasteiger partial charge is 0.244 e. The molecule has 3 N–H and O–H groups in total. The summed E-state index contributed by atoms with van der Waals surface area (Å²) in [6.07, 6.45) is 0.454. The van der Waals surface area contributed by atoms with Crippen LogP contribution < -0.4 is 15.2 Å². The molecular formula is C12H14ClN3O3S2. The van der Waals surface area contributed by atoms with Gasteiger partial charge in [-0.2, -0.15) is 0 Å². The minimum Gasteiger partial charge on any atom is -0.495 e. The number of methoxy groups -OCH3 is 1. The van der Waals surface area contributed by atoms with Crippen molar-refractivity contribution in [1.82, 2.24) is 9.71 Å². The van der Waals surface area contributed by atoms with E-state index in [-0.39, 0.29) is 17.2 Å². The molecule has 0 saturated carbocycles. The normalized spacial score (nSPS) is 11.5. The molecule has 0 atom stereocenters. The maximum atomic E-state index is 12.3. The molecule has 21 heavy (non-hydrogen) atoms. The number of nitrogens with one attached hydrogen (secondary N) is 1. The van der Waals surface area contributed by atoms with Gasteiger partial charge in [0.2, 0.25) is 10.0 Å². The number of anilines is 1. The first kappa shape index (κ1) is 16.0. The van der Waals surface area contributed by atoms with Gasteiger partial charge in [-0.05, 0) is 18.2 Å². The number of benzene rings is 1. The average Bonchev–Trinajstić information content (AvgIpc) is 2.84. The van der Waals surface area contributed by atoms with Gasteiger partial charge in [0.05, 0.1) is 12.8 Å². The van der Waals surface area contributed by atoms with Crippen LogP contribution in [0.5, 0.6) is 5.75 Å². The van der Waals surface area contributed by atoms with E-state index in [2.05, 4.69) is 9.71 Å². The maximum absolute atomic E-state index is 12.3. The zero-order valence-corrected chi connectivity index (χ0v) is 13.6. The van der Waals surface area contributed by atoms with Crippen LogP contribution in [0.2, 0.25) is 5.02 Å². The van der Waals surface area contributed by atoms with Gasteiger partial charge >= 0.3 is 0 Å². The van der Waals surface area contributed by atoms with Gasteiger partial charge in [0, 0.05) is 23.4 Å². The lowest BCUT2D eigenvalue weighted by Gasteiger charge is -2.10. The highest BCUT2D eigenvalue weighted by Crippen LogP contribution is 2.26. The van der Waals surface area contributed by atoms with Gasteiger partial charge in [-0.25, -0.2) is 18.1 Å². The average molecular weight is 348 g/mol. The Balaban J connectivity index is 2.09. The number of ether oxygens (including phenoxy) is 1. The van der Waals surface area contributed by atoms with Gasteiger partial charge in [0.15, 0.2) is 5.13 Å². The van der Waals surface area contributed by atoms with E-state index in [1.165, 1.54) is 30.6 Å². The van der Waals surface area contributed by atoms with Crippen LogP contribution in [0.4, 0.5) is 5.13 Å². The van der Waals surface area contributed by atoms with Gasteiger partial charge in [-0.15, -0.1) is 11.3 Å². The summed E-state index contributed by atoms with van der Waals surface area (Å²) in [5.74, 6) is 0.241. The fourth-order valence-corrected chi connectivity index (χ4v) is 3.75. The van der Waals surface area contributed by atoms with E-state index in [9.17, 15) is 8.42 Å². The van der Waals surface area contributed by atoms with Crippen molar-refractivity contribution in [1.29, 1.82) is 0 Å². The highest BCUT2D eigenvalue weighted by Gasteiger charge is 2.19. The van der Waals surface area contributed by atoms with Crippen molar-refractivity contribution in [2.24, 2.45) is 0 Å². The van der Waals surface area contributed by atoms with Crippen LogP contribution in [0, 0.1) is 0 Å². The zero-order chi connectivity index (χ0) is 15.5. The Bertz CT molecular complexity index is 731. The second-order valence-electron chi connectivity index (χ2n) is 4.12. The molecule has 1 aromatic carbocycles. The highest BCUT2D eigenvalue weighted by molar-refractivity contribution is 7.89. The Kier molecular flexibility index (Phi) is 5.04. The second-order valence-corrected chi connectivity index (χ2v) is 7.18. The van der Waals surface area contributed by atoms with Gasteiger partial charge < -0.3 is 10.5 Å². The molecular weight excluding hydrogens is 334 g/mol. The van der Waals surface area contributed by atoms with E-state index in [4.69, 9.17) is 22.1 Å². The Hall–Kier alpha value is -1.35. The summed E-state index contributed by atoms with van der Waals surface area (Å²) in [7, 11) is -2.30. The van der Waals surface area contributed by atoms with Gasteiger partial charge in [-0.3, -0.25) is 0 Å². The summed E-state index contributed by atoms with van der Waals surface area (Å²) < 4.78 is 32.1. The minimum absolute atomic E-state index is 0.00953. The first-order valence-electron chi connectivity index (χ1n) is 5.95. The molecule has 1 aromatic heterocycles. The Labute approximate surface area is 132 Å². The SMILES string of the molecule is COc1ccc(Cl)cc1S(=O)(=O)NCCc1csc(N)n1. The van der Waals surface area contributed by atoms with E-state index < -0.39 is 10.0 Å². The molecule has 0 fully saturated rings. The number of hydrogen-bond acceptors (Lipinski definition) is 6. The molecule has 114 valence electrons. The van der Waals surface area contributed by atoms with Crippen LogP contribution in [0.15, 0.2) is 28.5 Å². The lowest BCUT2D eigenvalue weighted by Crippen LogP contribution is -2.26. The molecule has 2 aromatic rings. The van der Waals surface area contributed by atoms with E-state index in [1.807, 2.05) is 0 Å². The summed E-state index contributed by atoms with van der Waals surface area (Å²) in [6, 6.07) is 4.43. The molecule has 0 aliphatic rings. The first-order valence-corrected chi connectivity index (χ1v) is 8.69. The number of sulfonamides is 1. The summed E-state index contributed by atoms with van der Waals surface area (Å²) in [5.41, 5.74) is 6.27. The quantitative estimate of drug-likeness (QED) is 0.832. The number of rotatable bonds is 6. The van der Waals surface area contributed by atoms with E-state index in [0.29, 0.717) is 16.6 Å². The molecule has 6 nitrogen and oxygen atoms in total. The number of nitrogens with two attached hydrogens (primary N) is 1. The third-order valence-corrected chi connectivity index (χ3v) is 5.10. The van der Waals surface area contributed by atoms with Gasteiger partial charge in [0.1, 0.15) is 10.6 Å². The molecule has 0 radical (unpaired) electrons. The fraction of sp³-hybridized carbons (Fsp3) is 0.250. The Morgan fingerprint density at radius 1 is 1.48 bits per heavy atom. The molecule has 0 bridgehead atoms. The fourth-order valence-electron chi connectivity index (χ4n) is 1.69. The topological polar surface area (TPSA) is 94.3 Å². The van der Waals surface area contributed by atoms with Crippen molar-refractivity contribution >= 4 is 38.1 Å². The molecule has 0 amide bonds. The predicted octanol–water partition coefficient (Wildman–Crippen LogP) is 1.91. The minimum atomic E-state index is -3.70. The monoisotopic (exact) mass is 347 g/mol. The predicted molar refractivity (Wildman–Crippen MR) is 83.4 cm³/mol. The number of nitrogen functional groups attached to an aromatic ring is 1. The van der Waals surface area contributed by atoms with Crippen molar-refractivity contribution in [3.8, 4) is 5.75 Å². The molecule has 0 unspecified atom stereocenters. The number of hydrogen-bond donors (Lipinski definition) is 2. The zero-order valence-electron chi connectivity index (χ0n) is 11.2. The standard InChI is InChI=1S/C12H14ClN3O3S2/c1-19-10-3-2-8(13)6-11(10)21(17,18)15-5-4-9-7-20-12(14)16-9/h2-3,6-7,15H,4-5H2,1H3,(H2,14,16). The second kappa shape index (κ2) is 6.61. The number of thiazole rings is 1. The van der Waals surface area contributed by atoms with E-state index >= 15 is 0 Å². The van der Waals surface area contributed by atoms with E-state index in [1.54, 1.807) is 11.4 Å². The molecule has 0 saturated heterocycles. The van der Waals surface area contributed by atoms with Crippen LogP contribution in [0.1, 0.15) is 5.69 Å². The van der Waals surface area contributed by atoms with Crippen molar-refractivity contribution in [2.45, 2.75) is 11.3 Å². The first-order chi connectivity index (χ1) is 9.92. The summed E-state index contributed by atoms with van der Waals surface area (Å²) >= 11 is 7.16. The van der Waals surface area contributed by atoms with Gasteiger partial charge in [-0.1, -0.05) is 11.6 Å². The number of nitrogens with zero attached hydrogens (tertiary/aromatic N) is 1. The maximum Gasteiger partial charge on any atom is 0.244 e. The lowest BCUT2D eigenvalue weighted by atomic mass is 10.3. The Morgan fingerprint density at radius 3 is 2.86 bits per heavy atom. The van der Waals surface area contributed by atoms with Crippen LogP contribution in [0.3, 0.4) is 0 Å². The Morgan fingerprint density at radius 2 is 2.24 bits per heavy atom. The summed E-state index contributed by atoms with van der Waals surface area (Å²) in [5, 5.41) is 2.58. The largest absolute Gasteiger partial charge is 0.495 e. The van der Waals surface area contributed by atoms with Crippen molar-refractivity contribution in [3.63, 3.8) is 0 Å². The third-order valence-electron chi connectivity index (χ3n) is 2.66. The van der Waals surface area contributed by atoms with Crippen LogP contribution in [-0.2, 0) is 16.4 Å². The van der Waals surface area contributed by atoms with Crippen molar-refractivity contribution in [3.05, 3.63) is 34.3 Å². The summed E-state index contributed by atoms with van der Waals surface area (Å²) in [4.78, 5) is 4.08. The van der Waals surface area contributed by atoms with Crippen LogP contribution in [0.25, 0.3) is 0 Å². The molecule has 0 aliphatic carbocycles. The number of halogens is 1. The molecule has 9 heteroatoms. The molecule has 0 aliphatic heterocycles. The van der Waals surface area contributed by atoms with Gasteiger partial charge in [0.25, 0.3) is 0 Å². The highest BCUT2D eigenvalue weighted by atomic mass is 35.5. The number of aromatic nitrogens is 1. The summed E-state index contributed by atoms with van der Waals surface area (Å²) in [6.45, 7) is 0.209. The van der Waals surface area contributed by atoms with E-state index in [0.717, 1.165) is 5.69 Å². The lowest BCUT2D eigenvalue weighted by molar-refractivity contribution is 0.402. The molecule has 2 rings (SSSR count). The van der Waals surface area contributed by atoms with Crippen LogP contribution in [-0.4, -0.2) is 27.1 Å². The third kappa shape index (κ3) is 4.07. The van der Waals surface area contributed by atoms with Crippen molar-refractivity contribution < 1.29 is 13.2 Å². The molecule has 1 heterocycles. The van der Waals surface area contributed by atoms with Crippen LogP contribution >= 0.6 is 22.9 Å². The van der Waals surface area contributed by atoms with Crippen molar-refractivity contribution in [2.75, 3.05) is 19.4 Å².